The molecule has 1 aliphatic heterocycles. The van der Waals surface area contributed by atoms with Crippen molar-refractivity contribution in [1.29, 1.82) is 0 Å². The lowest BCUT2D eigenvalue weighted by atomic mass is 9.95. The first kappa shape index (κ1) is 27.2. The Morgan fingerprint density at radius 2 is 1.43 bits per heavy atom. The van der Waals surface area contributed by atoms with Crippen molar-refractivity contribution in [2.45, 2.75) is 58.3 Å². The van der Waals surface area contributed by atoms with Gasteiger partial charge in [0.2, 0.25) is 6.29 Å². The minimum atomic E-state index is -1.55. The molecule has 14 nitrogen and oxygen atoms in total. The molecule has 1 heterocycles. The fraction of sp³-hybridized carbons (Fsp3) is 0.476. The number of ether oxygens (including phenoxy) is 5. The Morgan fingerprint density at radius 1 is 0.886 bits per heavy atom. The zero-order chi connectivity index (χ0) is 26.3. The van der Waals surface area contributed by atoms with Crippen molar-refractivity contribution in [2.75, 3.05) is 6.61 Å². The molecule has 2 rings (SSSR count). The summed E-state index contributed by atoms with van der Waals surface area (Å²) in [5.74, 6) is -3.91. The van der Waals surface area contributed by atoms with E-state index in [0.717, 1.165) is 39.8 Å². The van der Waals surface area contributed by atoms with Gasteiger partial charge in [-0.25, -0.2) is 0 Å². The van der Waals surface area contributed by atoms with Gasteiger partial charge in [0.05, 0.1) is 4.92 Å². The molecular weight excluding hydrogens is 472 g/mol. The van der Waals surface area contributed by atoms with E-state index in [4.69, 9.17) is 23.7 Å². The van der Waals surface area contributed by atoms with Crippen LogP contribution in [-0.4, -0.2) is 72.0 Å². The molecule has 0 spiro atoms. The van der Waals surface area contributed by atoms with Crippen LogP contribution in [0.3, 0.4) is 0 Å². The van der Waals surface area contributed by atoms with Crippen LogP contribution in [0.15, 0.2) is 24.3 Å². The van der Waals surface area contributed by atoms with E-state index in [1.165, 1.54) is 12.1 Å². The molecule has 35 heavy (non-hydrogen) atoms. The first-order chi connectivity index (χ1) is 16.4. The summed E-state index contributed by atoms with van der Waals surface area (Å²) in [6, 6.07) is 3.20. The summed E-state index contributed by atoms with van der Waals surface area (Å²) in [5.41, 5.74) is -0.258. The number of nitrogens with one attached hydrogen (secondary N) is 1. The van der Waals surface area contributed by atoms with Crippen molar-refractivity contribution >= 4 is 35.5 Å². The Bertz CT molecular complexity index is 993. The first-order valence-corrected chi connectivity index (χ1v) is 10.2. The number of hydrogen-bond donors (Lipinski definition) is 1. The highest BCUT2D eigenvalue weighted by Gasteiger charge is 2.52. The number of hydrogen-bond acceptors (Lipinski definition) is 12. The van der Waals surface area contributed by atoms with Crippen LogP contribution in [-0.2, 0) is 42.9 Å². The van der Waals surface area contributed by atoms with Crippen molar-refractivity contribution in [3.05, 3.63) is 39.9 Å². The van der Waals surface area contributed by atoms with Crippen LogP contribution in [0.4, 0.5) is 5.69 Å². The van der Waals surface area contributed by atoms with Crippen LogP contribution in [0.25, 0.3) is 0 Å². The normalized spacial score (nSPS) is 23.4. The molecule has 1 aromatic carbocycles. The predicted octanol–water partition coefficient (Wildman–Crippen LogP) is 0.408. The van der Waals surface area contributed by atoms with Crippen LogP contribution in [0.2, 0.25) is 0 Å². The monoisotopic (exact) mass is 496 g/mol. The topological polar surface area (TPSA) is 187 Å². The van der Waals surface area contributed by atoms with Gasteiger partial charge in [0.15, 0.2) is 12.2 Å². The maximum atomic E-state index is 12.9. The Morgan fingerprint density at radius 3 is 1.91 bits per heavy atom. The fourth-order valence-electron chi connectivity index (χ4n) is 3.29. The van der Waals surface area contributed by atoms with E-state index >= 15 is 0 Å². The number of nitro groups is 1. The quantitative estimate of drug-likeness (QED) is 0.226. The third-order valence-corrected chi connectivity index (χ3v) is 4.62. The zero-order valence-corrected chi connectivity index (χ0v) is 19.2. The van der Waals surface area contributed by atoms with Crippen molar-refractivity contribution in [1.82, 2.24) is 5.32 Å². The summed E-state index contributed by atoms with van der Waals surface area (Å²) in [6.07, 6.45) is -5.59. The highest BCUT2D eigenvalue weighted by atomic mass is 16.7. The molecule has 1 aromatic rings. The third-order valence-electron chi connectivity index (χ3n) is 4.62. The molecule has 0 saturated carbocycles. The van der Waals surface area contributed by atoms with Crippen LogP contribution in [0.5, 0.6) is 0 Å². The average Bonchev–Trinajstić information content (AvgIpc) is 2.75. The van der Waals surface area contributed by atoms with Crippen molar-refractivity contribution in [3.63, 3.8) is 0 Å². The lowest BCUT2D eigenvalue weighted by molar-refractivity contribution is -0.384. The fourth-order valence-corrected chi connectivity index (χ4v) is 3.29. The van der Waals surface area contributed by atoms with Crippen LogP contribution in [0, 0.1) is 10.1 Å². The molecular formula is C21H24N2O12. The molecule has 1 amide bonds. The van der Waals surface area contributed by atoms with Crippen molar-refractivity contribution in [3.8, 4) is 0 Å². The average molecular weight is 496 g/mol. The van der Waals surface area contributed by atoms with Gasteiger partial charge in [0, 0.05) is 45.4 Å². The summed E-state index contributed by atoms with van der Waals surface area (Å²) in [5, 5.41) is 13.4. The highest BCUT2D eigenvalue weighted by Crippen LogP contribution is 2.28. The standard InChI is InChI=1S/C21H24N2O12/c1-10(24)31-9-16-18(32-11(2)25)19(33-12(3)26)17(21(35-16)34-13(4)27)22-20(28)14-5-7-15(8-6-14)23(29)30/h5-8,16-19,21H,9H2,1-4H3,(H,22,28)/t16-,17-,18+,19+,21+/m0/s1. The molecule has 1 saturated heterocycles. The van der Waals surface area contributed by atoms with Gasteiger partial charge in [0.1, 0.15) is 18.8 Å². The number of non-ortho nitro benzene ring substituents is 1. The molecule has 190 valence electrons. The minimum absolute atomic E-state index is 0.00942. The van der Waals surface area contributed by atoms with E-state index < -0.39 is 72.0 Å². The molecule has 0 radical (unpaired) electrons. The van der Waals surface area contributed by atoms with Crippen LogP contribution < -0.4 is 5.32 Å². The molecule has 0 bridgehead atoms. The minimum Gasteiger partial charge on any atom is -0.463 e. The molecule has 0 unspecified atom stereocenters. The van der Waals surface area contributed by atoms with Gasteiger partial charge < -0.3 is 29.0 Å². The molecule has 0 aromatic heterocycles. The smallest absolute Gasteiger partial charge is 0.305 e. The number of nitrogens with zero attached hydrogens (tertiary/aromatic N) is 1. The lowest BCUT2D eigenvalue weighted by Crippen LogP contribution is -2.67. The Balaban J connectivity index is 2.44. The van der Waals surface area contributed by atoms with Crippen molar-refractivity contribution in [2.24, 2.45) is 0 Å². The highest BCUT2D eigenvalue weighted by molar-refractivity contribution is 5.94. The van der Waals surface area contributed by atoms with Gasteiger partial charge >= 0.3 is 23.9 Å². The summed E-state index contributed by atoms with van der Waals surface area (Å²) in [4.78, 5) is 69.8. The second-order valence-electron chi connectivity index (χ2n) is 7.41. The summed E-state index contributed by atoms with van der Waals surface area (Å²) in [6.45, 7) is 3.89. The van der Waals surface area contributed by atoms with Gasteiger partial charge in [-0.05, 0) is 12.1 Å². The van der Waals surface area contributed by atoms with E-state index in [1.54, 1.807) is 0 Å². The van der Waals surface area contributed by atoms with Gasteiger partial charge in [0.25, 0.3) is 11.6 Å². The molecule has 1 N–H and O–H groups in total. The number of carbonyl (C=O) groups is 5. The Hall–Kier alpha value is -4.07. The Labute approximate surface area is 198 Å². The number of nitro benzene ring substituents is 1. The van der Waals surface area contributed by atoms with E-state index in [1.807, 2.05) is 0 Å². The number of rotatable bonds is 8. The molecule has 1 aliphatic rings. The second kappa shape index (κ2) is 11.9. The largest absolute Gasteiger partial charge is 0.463 e. The van der Waals surface area contributed by atoms with Crippen molar-refractivity contribution < 1.29 is 52.6 Å². The number of amides is 1. The SMILES string of the molecule is CC(=O)OC[C@@H]1O[C@@H](OC(C)=O)[C@@H](NC(=O)c2ccc([N+](=O)[O-])cc2)[C@@H](OC(C)=O)[C@@H]1OC(C)=O. The van der Waals surface area contributed by atoms with Gasteiger partial charge in [-0.15, -0.1) is 0 Å². The second-order valence-corrected chi connectivity index (χ2v) is 7.41. The molecule has 1 fully saturated rings. The number of carbonyl (C=O) groups excluding carboxylic acids is 5. The molecule has 5 atom stereocenters. The van der Waals surface area contributed by atoms with Gasteiger partial charge in [-0.3, -0.25) is 34.1 Å². The summed E-state index contributed by atoms with van der Waals surface area (Å²) in [7, 11) is 0. The van der Waals surface area contributed by atoms with E-state index in [0.29, 0.717) is 0 Å². The van der Waals surface area contributed by atoms with Crippen LogP contribution >= 0.6 is 0 Å². The summed E-state index contributed by atoms with van der Waals surface area (Å²) < 4.78 is 26.4. The maximum absolute atomic E-state index is 12.9. The zero-order valence-electron chi connectivity index (χ0n) is 19.2. The predicted molar refractivity (Wildman–Crippen MR) is 113 cm³/mol. The Kier molecular flexibility index (Phi) is 9.22. The molecule has 14 heteroatoms. The summed E-state index contributed by atoms with van der Waals surface area (Å²) >= 11 is 0. The van der Waals surface area contributed by atoms with E-state index in [9.17, 15) is 34.1 Å². The van der Waals surface area contributed by atoms with Gasteiger partial charge in [-0.2, -0.15) is 0 Å². The van der Waals surface area contributed by atoms with E-state index in [2.05, 4.69) is 5.32 Å². The first-order valence-electron chi connectivity index (χ1n) is 10.2. The maximum Gasteiger partial charge on any atom is 0.305 e. The van der Waals surface area contributed by atoms with Crippen LogP contribution in [0.1, 0.15) is 38.1 Å². The molecule has 0 aliphatic carbocycles. The van der Waals surface area contributed by atoms with E-state index in [-0.39, 0.29) is 11.3 Å². The lowest BCUT2D eigenvalue weighted by Gasteiger charge is -2.44. The number of benzene rings is 1. The van der Waals surface area contributed by atoms with Gasteiger partial charge in [-0.1, -0.05) is 0 Å². The third kappa shape index (κ3) is 7.74. The number of esters is 4.